The number of rotatable bonds is 3. The van der Waals surface area contributed by atoms with Gasteiger partial charge in [0.25, 0.3) is 0 Å². The van der Waals surface area contributed by atoms with Crippen molar-refractivity contribution in [2.24, 2.45) is 4.99 Å². The van der Waals surface area contributed by atoms with Crippen LogP contribution in [0, 0.1) is 6.92 Å². The highest BCUT2D eigenvalue weighted by Crippen LogP contribution is 2.21. The lowest BCUT2D eigenvalue weighted by Crippen LogP contribution is -2.52. The van der Waals surface area contributed by atoms with Crippen molar-refractivity contribution in [1.82, 2.24) is 15.2 Å². The Morgan fingerprint density at radius 3 is 2.68 bits per heavy atom. The SMILES string of the molecule is CN=C(NCc1scnc1C)N1CCN(c2cccc(Cl)c2)CC1.I. The van der Waals surface area contributed by atoms with Gasteiger partial charge >= 0.3 is 0 Å². The van der Waals surface area contributed by atoms with Crippen molar-refractivity contribution >= 4 is 58.6 Å². The van der Waals surface area contributed by atoms with Crippen molar-refractivity contribution in [3.63, 3.8) is 0 Å². The van der Waals surface area contributed by atoms with Gasteiger partial charge in [0.1, 0.15) is 0 Å². The fourth-order valence-electron chi connectivity index (χ4n) is 2.84. The van der Waals surface area contributed by atoms with Gasteiger partial charge in [0, 0.05) is 48.8 Å². The number of piperazine rings is 1. The molecular formula is C17H23ClIN5S. The Kier molecular flexibility index (Phi) is 7.77. The van der Waals surface area contributed by atoms with E-state index in [-0.39, 0.29) is 24.0 Å². The molecule has 5 nitrogen and oxygen atoms in total. The van der Waals surface area contributed by atoms with Crippen molar-refractivity contribution in [3.05, 3.63) is 45.4 Å². The van der Waals surface area contributed by atoms with E-state index in [0.717, 1.165) is 49.4 Å². The van der Waals surface area contributed by atoms with Gasteiger partial charge in [-0.05, 0) is 25.1 Å². The lowest BCUT2D eigenvalue weighted by Gasteiger charge is -2.37. The lowest BCUT2D eigenvalue weighted by molar-refractivity contribution is 0.372. The third-order valence-electron chi connectivity index (χ3n) is 4.22. The van der Waals surface area contributed by atoms with Gasteiger partial charge in [-0.25, -0.2) is 4.98 Å². The van der Waals surface area contributed by atoms with Gasteiger partial charge in [-0.3, -0.25) is 4.99 Å². The van der Waals surface area contributed by atoms with Gasteiger partial charge in [-0.1, -0.05) is 17.7 Å². The van der Waals surface area contributed by atoms with Gasteiger partial charge in [0.15, 0.2) is 5.96 Å². The molecule has 0 aliphatic carbocycles. The maximum absolute atomic E-state index is 6.10. The molecule has 136 valence electrons. The van der Waals surface area contributed by atoms with Crippen molar-refractivity contribution in [2.45, 2.75) is 13.5 Å². The second-order valence-electron chi connectivity index (χ2n) is 5.72. The molecule has 0 radical (unpaired) electrons. The largest absolute Gasteiger partial charge is 0.368 e. The summed E-state index contributed by atoms with van der Waals surface area (Å²) in [6.45, 7) is 6.61. The Hall–Kier alpha value is -1.06. The molecule has 0 spiro atoms. The molecule has 0 saturated carbocycles. The molecule has 1 N–H and O–H groups in total. The first-order chi connectivity index (χ1) is 11.7. The summed E-state index contributed by atoms with van der Waals surface area (Å²) in [5, 5.41) is 4.24. The Morgan fingerprint density at radius 2 is 2.08 bits per heavy atom. The van der Waals surface area contributed by atoms with Crippen LogP contribution in [-0.4, -0.2) is 49.1 Å². The van der Waals surface area contributed by atoms with Crippen LogP contribution in [0.1, 0.15) is 10.6 Å². The van der Waals surface area contributed by atoms with E-state index in [2.05, 4.69) is 31.2 Å². The normalized spacial score (nSPS) is 15.1. The monoisotopic (exact) mass is 491 g/mol. The molecule has 2 heterocycles. The molecule has 0 atom stereocenters. The second kappa shape index (κ2) is 9.59. The standard InChI is InChI=1S/C17H22ClN5S.HI/c1-13-16(24-12-21-13)11-20-17(19-2)23-8-6-22(7-9-23)15-5-3-4-14(18)10-15;/h3-5,10,12H,6-9,11H2,1-2H3,(H,19,20);1H. The fraction of sp³-hybridized carbons (Fsp3) is 0.412. The van der Waals surface area contributed by atoms with Crippen LogP contribution in [0.25, 0.3) is 0 Å². The lowest BCUT2D eigenvalue weighted by atomic mass is 10.2. The van der Waals surface area contributed by atoms with Crippen molar-refractivity contribution in [1.29, 1.82) is 0 Å². The Bertz CT molecular complexity index is 713. The Morgan fingerprint density at radius 1 is 1.32 bits per heavy atom. The van der Waals surface area contributed by atoms with Gasteiger partial charge in [0.2, 0.25) is 0 Å². The highest BCUT2D eigenvalue weighted by Gasteiger charge is 2.20. The maximum Gasteiger partial charge on any atom is 0.194 e. The molecule has 0 unspecified atom stereocenters. The molecule has 3 rings (SSSR count). The molecule has 1 aliphatic heterocycles. The minimum atomic E-state index is 0. The van der Waals surface area contributed by atoms with Crippen molar-refractivity contribution < 1.29 is 0 Å². The summed E-state index contributed by atoms with van der Waals surface area (Å²) >= 11 is 7.78. The number of anilines is 1. The summed E-state index contributed by atoms with van der Waals surface area (Å²) in [5.41, 5.74) is 4.16. The van der Waals surface area contributed by atoms with Crippen LogP contribution in [0.15, 0.2) is 34.8 Å². The van der Waals surface area contributed by atoms with Crippen LogP contribution in [0.4, 0.5) is 5.69 Å². The molecule has 1 saturated heterocycles. The number of benzene rings is 1. The zero-order valence-electron chi connectivity index (χ0n) is 14.4. The number of nitrogens with one attached hydrogen (secondary N) is 1. The van der Waals surface area contributed by atoms with Crippen LogP contribution in [0.5, 0.6) is 0 Å². The number of aromatic nitrogens is 1. The van der Waals surface area contributed by atoms with Crippen LogP contribution in [0.3, 0.4) is 0 Å². The van der Waals surface area contributed by atoms with Crippen LogP contribution in [0.2, 0.25) is 5.02 Å². The molecule has 1 aromatic heterocycles. The fourth-order valence-corrected chi connectivity index (χ4v) is 3.74. The van der Waals surface area contributed by atoms with E-state index in [4.69, 9.17) is 11.6 Å². The maximum atomic E-state index is 6.10. The number of aliphatic imine (C=N–C) groups is 1. The predicted molar refractivity (Wildman–Crippen MR) is 118 cm³/mol. The number of halogens is 2. The number of hydrogen-bond acceptors (Lipinski definition) is 4. The summed E-state index contributed by atoms with van der Waals surface area (Å²) in [7, 11) is 1.84. The zero-order valence-corrected chi connectivity index (χ0v) is 18.3. The first-order valence-corrected chi connectivity index (χ1v) is 9.28. The molecule has 25 heavy (non-hydrogen) atoms. The number of hydrogen-bond donors (Lipinski definition) is 1. The van der Waals surface area contributed by atoms with E-state index < -0.39 is 0 Å². The predicted octanol–water partition coefficient (Wildman–Crippen LogP) is 3.62. The smallest absolute Gasteiger partial charge is 0.194 e. The van der Waals surface area contributed by atoms with Crippen LogP contribution >= 0.6 is 46.9 Å². The Balaban J connectivity index is 0.00000225. The van der Waals surface area contributed by atoms with Gasteiger partial charge in [-0.2, -0.15) is 0 Å². The summed E-state index contributed by atoms with van der Waals surface area (Å²) in [5.74, 6) is 0.952. The number of aryl methyl sites for hydroxylation is 1. The molecule has 2 aromatic rings. The molecular weight excluding hydrogens is 469 g/mol. The zero-order chi connectivity index (χ0) is 16.9. The third-order valence-corrected chi connectivity index (χ3v) is 5.39. The number of guanidine groups is 1. The molecule has 1 aromatic carbocycles. The summed E-state index contributed by atoms with van der Waals surface area (Å²) in [4.78, 5) is 14.6. The van der Waals surface area contributed by atoms with Gasteiger partial charge < -0.3 is 15.1 Å². The first-order valence-electron chi connectivity index (χ1n) is 8.02. The highest BCUT2D eigenvalue weighted by molar-refractivity contribution is 14.0. The molecule has 8 heteroatoms. The van der Waals surface area contributed by atoms with Crippen LogP contribution in [-0.2, 0) is 6.54 Å². The van der Waals surface area contributed by atoms with E-state index in [0.29, 0.717) is 0 Å². The summed E-state index contributed by atoms with van der Waals surface area (Å²) in [6.07, 6.45) is 0. The minimum Gasteiger partial charge on any atom is -0.368 e. The van der Waals surface area contributed by atoms with E-state index >= 15 is 0 Å². The summed E-state index contributed by atoms with van der Waals surface area (Å²) < 4.78 is 0. The minimum absolute atomic E-state index is 0. The topological polar surface area (TPSA) is 43.8 Å². The number of thiazole rings is 1. The molecule has 1 fully saturated rings. The second-order valence-corrected chi connectivity index (χ2v) is 7.09. The van der Waals surface area contributed by atoms with Crippen molar-refractivity contribution in [3.8, 4) is 0 Å². The molecule has 1 aliphatic rings. The van der Waals surface area contributed by atoms with E-state index in [1.165, 1.54) is 10.6 Å². The first kappa shape index (κ1) is 20.3. The average Bonchev–Trinajstić information content (AvgIpc) is 3.01. The average molecular weight is 492 g/mol. The molecule has 0 amide bonds. The van der Waals surface area contributed by atoms with Crippen molar-refractivity contribution in [2.75, 3.05) is 38.1 Å². The van der Waals surface area contributed by atoms with Gasteiger partial charge in [0.05, 0.1) is 17.7 Å². The summed E-state index contributed by atoms with van der Waals surface area (Å²) in [6, 6.07) is 8.05. The van der Waals surface area contributed by atoms with E-state index in [9.17, 15) is 0 Å². The molecule has 0 bridgehead atoms. The third kappa shape index (κ3) is 5.21. The number of nitrogens with zero attached hydrogens (tertiary/aromatic N) is 4. The quantitative estimate of drug-likeness (QED) is 0.405. The Labute approximate surface area is 175 Å². The van der Waals surface area contributed by atoms with E-state index in [1.807, 2.05) is 37.7 Å². The van der Waals surface area contributed by atoms with E-state index in [1.54, 1.807) is 11.3 Å². The van der Waals surface area contributed by atoms with Gasteiger partial charge in [-0.15, -0.1) is 35.3 Å². The highest BCUT2D eigenvalue weighted by atomic mass is 127. The van der Waals surface area contributed by atoms with Crippen LogP contribution < -0.4 is 10.2 Å².